The van der Waals surface area contributed by atoms with Crippen LogP contribution in [0.2, 0.25) is 0 Å². The summed E-state index contributed by atoms with van der Waals surface area (Å²) in [6.45, 7) is 1.63. The normalized spacial score (nSPS) is 14.6. The Balaban J connectivity index is 1.42. The molecule has 0 saturated carbocycles. The van der Waals surface area contributed by atoms with E-state index in [1.165, 1.54) is 6.07 Å². The number of ether oxygens (including phenoxy) is 2. The summed E-state index contributed by atoms with van der Waals surface area (Å²) < 4.78 is 49.3. The van der Waals surface area contributed by atoms with E-state index in [4.69, 9.17) is 14.5 Å². The van der Waals surface area contributed by atoms with E-state index in [2.05, 4.69) is 28.9 Å². The van der Waals surface area contributed by atoms with Crippen molar-refractivity contribution < 1.29 is 41.3 Å². The molecule has 4 aromatic rings. The molecule has 2 N–H and O–H groups in total. The monoisotopic (exact) mass is 729 g/mol. The molecule has 0 spiro atoms. The maximum Gasteiger partial charge on any atom is 0.338 e. The number of carbonyl (C=O) groups is 3. The van der Waals surface area contributed by atoms with Crippen molar-refractivity contribution in [1.82, 2.24) is 0 Å². The number of carboxylic acids is 1. The number of benzene rings is 4. The van der Waals surface area contributed by atoms with E-state index in [9.17, 15) is 31.8 Å². The Morgan fingerprint density at radius 1 is 0.961 bits per heavy atom. The lowest BCUT2D eigenvalue weighted by Gasteiger charge is -2.32. The molecule has 11 nitrogen and oxygen atoms in total. The van der Waals surface area contributed by atoms with Gasteiger partial charge in [0.25, 0.3) is 5.91 Å². The third-order valence-corrected chi connectivity index (χ3v) is 10.3. The van der Waals surface area contributed by atoms with Gasteiger partial charge in [0.05, 0.1) is 26.9 Å². The summed E-state index contributed by atoms with van der Waals surface area (Å²) in [5, 5.41) is 13.8. The Bertz CT molecular complexity index is 2400. The quantitative estimate of drug-likeness (QED) is 0.118. The zero-order valence-electron chi connectivity index (χ0n) is 27.4. The van der Waals surface area contributed by atoms with Crippen LogP contribution < -0.4 is 25.5 Å². The molecule has 0 unspecified atom stereocenters. The van der Waals surface area contributed by atoms with Crippen molar-refractivity contribution in [2.75, 3.05) is 42.7 Å². The molecule has 262 valence electrons. The van der Waals surface area contributed by atoms with Crippen molar-refractivity contribution >= 4 is 57.6 Å². The Morgan fingerprint density at radius 2 is 1.75 bits per heavy atom. The molecular weight excluding hydrogens is 698 g/mol. The highest BCUT2D eigenvalue weighted by Crippen LogP contribution is 2.45. The summed E-state index contributed by atoms with van der Waals surface area (Å²) in [5.41, 5.74) is 4.15. The van der Waals surface area contributed by atoms with Gasteiger partial charge in [0.2, 0.25) is 0 Å². The van der Waals surface area contributed by atoms with Gasteiger partial charge in [-0.05, 0) is 85.8 Å². The van der Waals surface area contributed by atoms with Crippen LogP contribution in [0.25, 0.3) is 5.57 Å². The number of carbonyl (C=O) groups excluding carboxylic acids is 2. The second-order valence-corrected chi connectivity index (χ2v) is 14.2. The van der Waals surface area contributed by atoms with E-state index in [1.54, 1.807) is 12.1 Å². The summed E-state index contributed by atoms with van der Waals surface area (Å²) in [7, 11) is -3.20. The van der Waals surface area contributed by atoms with Gasteiger partial charge < -0.3 is 24.8 Å². The first-order valence-electron chi connectivity index (χ1n) is 16.3. The van der Waals surface area contributed by atoms with Crippen LogP contribution in [0.5, 0.6) is 11.5 Å². The predicted molar refractivity (Wildman–Crippen MR) is 190 cm³/mol. The minimum Gasteiger partial charge on any atom is -0.478 e. The van der Waals surface area contributed by atoms with Crippen molar-refractivity contribution in [3.63, 3.8) is 0 Å². The largest absolute Gasteiger partial charge is 0.478 e. The molecule has 0 aromatic heterocycles. The number of hydrogen-bond acceptors (Lipinski definition) is 10. The van der Waals surface area contributed by atoms with Crippen molar-refractivity contribution in [2.45, 2.75) is 30.6 Å². The SMILES string of the molecule is CN1CCCc2c1ccc1c2Oc2c3c(ccc2=C1c1ccc(NC(=O)c2cc(S(=O)(=O)F)ccc2C(=O)O)cc1C(=O)OCCS)=NCCC3. The molecule has 0 fully saturated rings. The number of nitrogens with one attached hydrogen (secondary N) is 1. The third-order valence-electron chi connectivity index (χ3n) is 9.25. The lowest BCUT2D eigenvalue weighted by Crippen LogP contribution is -2.29. The molecule has 1 amide bonds. The Kier molecular flexibility index (Phi) is 9.06. The van der Waals surface area contributed by atoms with Crippen molar-refractivity contribution in [1.29, 1.82) is 0 Å². The Hall–Kier alpha value is -5.21. The Morgan fingerprint density at radius 3 is 2.51 bits per heavy atom. The number of amides is 1. The molecule has 3 aliphatic heterocycles. The smallest absolute Gasteiger partial charge is 0.338 e. The zero-order valence-corrected chi connectivity index (χ0v) is 29.1. The number of carboxylic acid groups (broad SMARTS) is 1. The van der Waals surface area contributed by atoms with E-state index in [0.29, 0.717) is 23.1 Å². The summed E-state index contributed by atoms with van der Waals surface area (Å²) in [5.74, 6) is -1.60. The molecule has 51 heavy (non-hydrogen) atoms. The lowest BCUT2D eigenvalue weighted by atomic mass is 9.85. The summed E-state index contributed by atoms with van der Waals surface area (Å²) in [6, 6.07) is 14.8. The van der Waals surface area contributed by atoms with Crippen molar-refractivity contribution in [2.24, 2.45) is 4.99 Å². The van der Waals surface area contributed by atoms with Gasteiger partial charge >= 0.3 is 22.2 Å². The lowest BCUT2D eigenvalue weighted by molar-refractivity contribution is 0.0529. The number of aromatic carboxylic acids is 1. The number of nitrogens with zero attached hydrogens (tertiary/aromatic N) is 2. The third kappa shape index (κ3) is 6.33. The van der Waals surface area contributed by atoms with Crippen LogP contribution in [-0.2, 0) is 27.8 Å². The molecule has 14 heteroatoms. The first-order chi connectivity index (χ1) is 24.5. The van der Waals surface area contributed by atoms with Gasteiger partial charge in [0.15, 0.2) is 0 Å². The molecule has 0 saturated heterocycles. The highest BCUT2D eigenvalue weighted by Gasteiger charge is 2.31. The van der Waals surface area contributed by atoms with E-state index >= 15 is 0 Å². The van der Waals surface area contributed by atoms with Crippen LogP contribution in [0, 0.1) is 0 Å². The number of thiol groups is 1. The molecule has 0 aliphatic carbocycles. The van der Waals surface area contributed by atoms with Gasteiger partial charge in [-0.1, -0.05) is 6.07 Å². The molecule has 3 heterocycles. The molecule has 3 aliphatic rings. The van der Waals surface area contributed by atoms with E-state index in [0.717, 1.165) is 89.4 Å². The maximum absolute atomic E-state index is 13.8. The first-order valence-corrected chi connectivity index (χ1v) is 18.3. The van der Waals surface area contributed by atoms with Crippen molar-refractivity contribution in [3.8, 4) is 11.5 Å². The van der Waals surface area contributed by atoms with Gasteiger partial charge in [-0.25, -0.2) is 9.59 Å². The highest BCUT2D eigenvalue weighted by molar-refractivity contribution is 7.86. The molecular formula is C37H32FN3O8S2. The van der Waals surface area contributed by atoms with Crippen molar-refractivity contribution in [3.05, 3.63) is 110 Å². The minimum atomic E-state index is -5.24. The van der Waals surface area contributed by atoms with Gasteiger partial charge in [0.1, 0.15) is 18.1 Å². The summed E-state index contributed by atoms with van der Waals surface area (Å²) in [4.78, 5) is 45.2. The molecule has 0 atom stereocenters. The van der Waals surface area contributed by atoms with Gasteiger partial charge in [-0.15, -0.1) is 3.89 Å². The van der Waals surface area contributed by atoms with Crippen LogP contribution in [0.4, 0.5) is 15.3 Å². The summed E-state index contributed by atoms with van der Waals surface area (Å²) in [6.07, 6.45) is 3.37. The fourth-order valence-electron chi connectivity index (χ4n) is 6.93. The number of hydrogen-bond donors (Lipinski definition) is 3. The van der Waals surface area contributed by atoms with Crippen LogP contribution in [0.1, 0.15) is 66.2 Å². The molecule has 4 aromatic carbocycles. The van der Waals surface area contributed by atoms with Gasteiger partial charge in [-0.2, -0.15) is 21.0 Å². The van der Waals surface area contributed by atoms with E-state index in [1.807, 2.05) is 25.2 Å². The average Bonchev–Trinajstić information content (AvgIpc) is 3.12. The number of fused-ring (bicyclic) bond motifs is 6. The van der Waals surface area contributed by atoms with E-state index < -0.39 is 44.1 Å². The molecule has 0 bridgehead atoms. The second kappa shape index (κ2) is 13.5. The fraction of sp³-hybridized carbons (Fsp3) is 0.243. The maximum atomic E-state index is 13.8. The van der Waals surface area contributed by atoms with Gasteiger partial charge in [-0.3, -0.25) is 9.79 Å². The van der Waals surface area contributed by atoms with E-state index in [-0.39, 0.29) is 23.6 Å². The fourth-order valence-corrected chi connectivity index (χ4v) is 7.51. The predicted octanol–water partition coefficient (Wildman–Crippen LogP) is 4.68. The topological polar surface area (TPSA) is 152 Å². The van der Waals surface area contributed by atoms with Crippen LogP contribution in [-0.4, -0.2) is 63.9 Å². The Labute approximate surface area is 298 Å². The first kappa shape index (κ1) is 34.2. The number of esters is 1. The average molecular weight is 730 g/mol. The van der Waals surface area contributed by atoms with Gasteiger partial charge in [0, 0.05) is 64.7 Å². The molecule has 0 radical (unpaired) electrons. The second-order valence-electron chi connectivity index (χ2n) is 12.4. The molecule has 7 rings (SSSR count). The summed E-state index contributed by atoms with van der Waals surface area (Å²) >= 11 is 4.18. The number of rotatable bonds is 8. The highest BCUT2D eigenvalue weighted by atomic mass is 32.3. The number of halogens is 1. The van der Waals surface area contributed by atoms with Crippen LogP contribution in [0.3, 0.4) is 0 Å². The van der Waals surface area contributed by atoms with Crippen LogP contribution in [0.15, 0.2) is 70.6 Å². The number of anilines is 2. The standard InChI is InChI=1S/C37H32FN3O8S2/c1-41-15-3-5-25-31(41)13-11-27-32(26-10-12-30-24(4-2-14-39-30)33(26)49-34(25)27)22-8-6-20(18-29(22)37(45)48-16-17-50)40-35(42)28-19-21(51(38,46)47)7-9-23(28)36(43)44/h6-13,18-19,50H,2-5,14-17H2,1H3,(H,40,42)(H,43,44). The minimum absolute atomic E-state index is 0.00487. The zero-order chi connectivity index (χ0) is 36.0. The van der Waals surface area contributed by atoms with Crippen LogP contribution >= 0.6 is 12.6 Å².